The smallest absolute Gasteiger partial charge is 0.228 e. The largest absolute Gasteiger partial charge is 0.325 e. The average molecular weight is 387 g/mol. The maximum absolute atomic E-state index is 12.6. The molecular weight excluding hydrogens is 364 g/mol. The summed E-state index contributed by atoms with van der Waals surface area (Å²) in [6, 6.07) is 16.2. The fourth-order valence-corrected chi connectivity index (χ4v) is 3.62. The van der Waals surface area contributed by atoms with Crippen LogP contribution in [0.15, 0.2) is 53.0 Å². The van der Waals surface area contributed by atoms with Crippen LogP contribution in [0.25, 0.3) is 0 Å². The molecule has 1 saturated heterocycles. The van der Waals surface area contributed by atoms with Crippen molar-refractivity contribution in [3.63, 3.8) is 0 Å². The molecule has 0 aliphatic carbocycles. The summed E-state index contributed by atoms with van der Waals surface area (Å²) in [6.45, 7) is 4.96. The minimum absolute atomic E-state index is 0.0508. The SMILES string of the molecule is Cc1ccccc1CN1CCCC(C(=O)Nc2ccccc2Br)C1. The Morgan fingerprint density at radius 1 is 1.21 bits per heavy atom. The van der Waals surface area contributed by atoms with E-state index in [2.05, 4.69) is 57.3 Å². The Kier molecular flexibility index (Phi) is 5.69. The lowest BCUT2D eigenvalue weighted by molar-refractivity contribution is -0.121. The number of rotatable bonds is 4. The van der Waals surface area contributed by atoms with E-state index in [9.17, 15) is 4.79 Å². The third kappa shape index (κ3) is 4.25. The zero-order valence-corrected chi connectivity index (χ0v) is 15.6. The number of nitrogens with one attached hydrogen (secondary N) is 1. The lowest BCUT2D eigenvalue weighted by atomic mass is 9.96. The van der Waals surface area contributed by atoms with Crippen LogP contribution >= 0.6 is 15.9 Å². The molecule has 3 rings (SSSR count). The van der Waals surface area contributed by atoms with E-state index in [0.29, 0.717) is 0 Å². The highest BCUT2D eigenvalue weighted by Gasteiger charge is 2.26. The molecule has 126 valence electrons. The van der Waals surface area contributed by atoms with Crippen LogP contribution < -0.4 is 5.32 Å². The number of piperidine rings is 1. The summed E-state index contributed by atoms with van der Waals surface area (Å²) in [7, 11) is 0. The van der Waals surface area contributed by atoms with Crippen LogP contribution in [-0.4, -0.2) is 23.9 Å². The molecule has 0 bridgehead atoms. The fourth-order valence-electron chi connectivity index (χ4n) is 3.24. The number of likely N-dealkylation sites (tertiary alicyclic amines) is 1. The molecule has 0 spiro atoms. The number of amides is 1. The number of benzene rings is 2. The molecule has 0 radical (unpaired) electrons. The molecule has 3 nitrogen and oxygen atoms in total. The third-order valence-electron chi connectivity index (χ3n) is 4.66. The fraction of sp³-hybridized carbons (Fsp3) is 0.350. The second kappa shape index (κ2) is 7.95. The van der Waals surface area contributed by atoms with Crippen LogP contribution in [0.2, 0.25) is 0 Å². The van der Waals surface area contributed by atoms with Gasteiger partial charge >= 0.3 is 0 Å². The molecule has 1 aliphatic rings. The van der Waals surface area contributed by atoms with E-state index in [1.807, 2.05) is 24.3 Å². The van der Waals surface area contributed by atoms with E-state index in [1.54, 1.807) is 0 Å². The summed E-state index contributed by atoms with van der Waals surface area (Å²) < 4.78 is 0.922. The molecule has 1 atom stereocenters. The Hall–Kier alpha value is -1.65. The van der Waals surface area contributed by atoms with E-state index in [1.165, 1.54) is 11.1 Å². The number of nitrogens with zero attached hydrogens (tertiary/aromatic N) is 1. The van der Waals surface area contributed by atoms with Crippen molar-refractivity contribution in [2.75, 3.05) is 18.4 Å². The Bertz CT molecular complexity index is 716. The molecule has 1 unspecified atom stereocenters. The molecule has 24 heavy (non-hydrogen) atoms. The predicted molar refractivity (Wildman–Crippen MR) is 102 cm³/mol. The van der Waals surface area contributed by atoms with Crippen molar-refractivity contribution in [1.82, 2.24) is 4.90 Å². The number of carbonyl (C=O) groups excluding carboxylic acids is 1. The number of hydrogen-bond acceptors (Lipinski definition) is 2. The lowest BCUT2D eigenvalue weighted by Crippen LogP contribution is -2.40. The first-order valence-corrected chi connectivity index (χ1v) is 9.25. The Balaban J connectivity index is 1.62. The Labute approximate surface area is 152 Å². The highest BCUT2D eigenvalue weighted by molar-refractivity contribution is 9.10. The minimum Gasteiger partial charge on any atom is -0.325 e. The van der Waals surface area contributed by atoms with Crippen LogP contribution in [0.1, 0.15) is 24.0 Å². The van der Waals surface area contributed by atoms with Gasteiger partial charge in [0, 0.05) is 17.6 Å². The highest BCUT2D eigenvalue weighted by Crippen LogP contribution is 2.25. The van der Waals surface area contributed by atoms with E-state index in [0.717, 1.165) is 42.6 Å². The first-order chi connectivity index (χ1) is 11.6. The van der Waals surface area contributed by atoms with Crippen LogP contribution in [0, 0.1) is 12.8 Å². The molecule has 1 aliphatic heterocycles. The van der Waals surface area contributed by atoms with Crippen molar-refractivity contribution < 1.29 is 4.79 Å². The van der Waals surface area contributed by atoms with Gasteiger partial charge in [0.25, 0.3) is 0 Å². The molecule has 0 saturated carbocycles. The zero-order valence-electron chi connectivity index (χ0n) is 14.0. The van der Waals surface area contributed by atoms with Gasteiger partial charge in [-0.25, -0.2) is 0 Å². The van der Waals surface area contributed by atoms with Gasteiger partial charge in [-0.1, -0.05) is 36.4 Å². The van der Waals surface area contributed by atoms with Crippen molar-refractivity contribution in [2.45, 2.75) is 26.3 Å². The predicted octanol–water partition coefficient (Wildman–Crippen LogP) is 4.61. The molecule has 1 heterocycles. The maximum Gasteiger partial charge on any atom is 0.228 e. The van der Waals surface area contributed by atoms with Gasteiger partial charge in [0.1, 0.15) is 0 Å². The van der Waals surface area contributed by atoms with Crippen LogP contribution in [0.5, 0.6) is 0 Å². The van der Waals surface area contributed by atoms with E-state index >= 15 is 0 Å². The van der Waals surface area contributed by atoms with E-state index < -0.39 is 0 Å². The molecule has 0 aromatic heterocycles. The lowest BCUT2D eigenvalue weighted by Gasteiger charge is -2.32. The van der Waals surface area contributed by atoms with Crippen molar-refractivity contribution in [1.29, 1.82) is 0 Å². The highest BCUT2D eigenvalue weighted by atomic mass is 79.9. The second-order valence-electron chi connectivity index (χ2n) is 6.47. The monoisotopic (exact) mass is 386 g/mol. The molecule has 2 aromatic carbocycles. The van der Waals surface area contributed by atoms with Crippen molar-refractivity contribution in [2.24, 2.45) is 5.92 Å². The number of anilines is 1. The van der Waals surface area contributed by atoms with Gasteiger partial charge in [0.2, 0.25) is 5.91 Å². The molecule has 4 heteroatoms. The second-order valence-corrected chi connectivity index (χ2v) is 7.32. The molecule has 2 aromatic rings. The van der Waals surface area contributed by atoms with E-state index in [4.69, 9.17) is 0 Å². The van der Waals surface area contributed by atoms with E-state index in [-0.39, 0.29) is 11.8 Å². The van der Waals surface area contributed by atoms with Crippen LogP contribution in [0.4, 0.5) is 5.69 Å². The number of hydrogen-bond donors (Lipinski definition) is 1. The van der Waals surface area contributed by atoms with Crippen molar-refractivity contribution in [3.8, 4) is 0 Å². The van der Waals surface area contributed by atoms with Crippen molar-refractivity contribution in [3.05, 3.63) is 64.1 Å². The summed E-state index contributed by atoms with van der Waals surface area (Å²) in [6.07, 6.45) is 2.03. The molecular formula is C20H23BrN2O. The molecule has 1 N–H and O–H groups in total. The minimum atomic E-state index is 0.0508. The molecule has 1 amide bonds. The summed E-state index contributed by atoms with van der Waals surface area (Å²) in [4.78, 5) is 15.0. The quantitative estimate of drug-likeness (QED) is 0.831. The van der Waals surface area contributed by atoms with Crippen molar-refractivity contribution >= 4 is 27.5 Å². The standard InChI is InChI=1S/C20H23BrN2O/c1-15-7-2-3-8-16(15)13-23-12-6-9-17(14-23)20(24)22-19-11-5-4-10-18(19)21/h2-5,7-8,10-11,17H,6,9,12-14H2,1H3,(H,22,24). The van der Waals surface area contributed by atoms with Gasteiger partial charge in [0.15, 0.2) is 0 Å². The number of aryl methyl sites for hydroxylation is 1. The van der Waals surface area contributed by atoms with Crippen LogP contribution in [0.3, 0.4) is 0 Å². The first-order valence-electron chi connectivity index (χ1n) is 8.46. The first kappa shape index (κ1) is 17.2. The van der Waals surface area contributed by atoms with Crippen LogP contribution in [-0.2, 0) is 11.3 Å². The van der Waals surface area contributed by atoms with Gasteiger partial charge in [-0.3, -0.25) is 9.69 Å². The third-order valence-corrected chi connectivity index (χ3v) is 5.35. The van der Waals surface area contributed by atoms with Gasteiger partial charge in [-0.15, -0.1) is 0 Å². The van der Waals surface area contributed by atoms with Gasteiger partial charge in [-0.2, -0.15) is 0 Å². The number of carbonyl (C=O) groups is 1. The number of para-hydroxylation sites is 1. The summed E-state index contributed by atoms with van der Waals surface area (Å²) in [5, 5.41) is 3.06. The normalized spacial score (nSPS) is 18.3. The summed E-state index contributed by atoms with van der Waals surface area (Å²) in [5.74, 6) is 0.172. The average Bonchev–Trinajstić information content (AvgIpc) is 2.59. The molecule has 1 fully saturated rings. The van der Waals surface area contributed by atoms with Gasteiger partial charge in [-0.05, 0) is 65.5 Å². The Morgan fingerprint density at radius 2 is 1.96 bits per heavy atom. The zero-order chi connectivity index (χ0) is 16.9. The van der Waals surface area contributed by atoms with Gasteiger partial charge in [0.05, 0.1) is 11.6 Å². The summed E-state index contributed by atoms with van der Waals surface area (Å²) in [5.41, 5.74) is 3.51. The topological polar surface area (TPSA) is 32.3 Å². The number of halogens is 1. The summed E-state index contributed by atoms with van der Waals surface area (Å²) >= 11 is 3.49. The van der Waals surface area contributed by atoms with Gasteiger partial charge < -0.3 is 5.32 Å². The maximum atomic E-state index is 12.6. The Morgan fingerprint density at radius 3 is 2.75 bits per heavy atom.